The Balaban J connectivity index is 1.69. The SMILES string of the molecule is COc1ccccc1C(=O)Nc1ccc(O)c(-c2nc3cc(C)c(C)cc3o2)c1. The van der Waals surface area contributed by atoms with Crippen LogP contribution in [0.4, 0.5) is 5.69 Å². The van der Waals surface area contributed by atoms with Crippen LogP contribution >= 0.6 is 0 Å². The van der Waals surface area contributed by atoms with E-state index >= 15 is 0 Å². The number of aryl methyl sites for hydroxylation is 2. The van der Waals surface area contributed by atoms with Gasteiger partial charge in [-0.25, -0.2) is 4.98 Å². The van der Waals surface area contributed by atoms with Crippen LogP contribution in [-0.4, -0.2) is 23.1 Å². The largest absolute Gasteiger partial charge is 0.507 e. The number of nitrogens with zero attached hydrogens (tertiary/aromatic N) is 1. The van der Waals surface area contributed by atoms with Crippen LogP contribution in [0.25, 0.3) is 22.6 Å². The van der Waals surface area contributed by atoms with Crippen molar-refractivity contribution in [3.05, 3.63) is 71.3 Å². The van der Waals surface area contributed by atoms with Gasteiger partial charge >= 0.3 is 0 Å². The monoisotopic (exact) mass is 388 g/mol. The molecule has 3 aromatic carbocycles. The zero-order valence-electron chi connectivity index (χ0n) is 16.3. The predicted octanol–water partition coefficient (Wildman–Crippen LogP) is 5.08. The average Bonchev–Trinajstić information content (AvgIpc) is 3.12. The number of phenolic OH excluding ortho intramolecular Hbond substituents is 1. The summed E-state index contributed by atoms with van der Waals surface area (Å²) >= 11 is 0. The summed E-state index contributed by atoms with van der Waals surface area (Å²) in [5.41, 5.74) is 4.88. The van der Waals surface area contributed by atoms with E-state index in [2.05, 4.69) is 10.3 Å². The van der Waals surface area contributed by atoms with Crippen molar-refractivity contribution in [2.75, 3.05) is 12.4 Å². The number of para-hydroxylation sites is 1. The summed E-state index contributed by atoms with van der Waals surface area (Å²) in [6.45, 7) is 4.01. The number of amides is 1. The predicted molar refractivity (Wildman–Crippen MR) is 112 cm³/mol. The first-order valence-electron chi connectivity index (χ1n) is 9.12. The molecule has 146 valence electrons. The fourth-order valence-corrected chi connectivity index (χ4v) is 3.11. The van der Waals surface area contributed by atoms with Crippen LogP contribution in [0, 0.1) is 13.8 Å². The Morgan fingerprint density at radius 2 is 1.83 bits per heavy atom. The van der Waals surface area contributed by atoms with Crippen molar-refractivity contribution in [2.24, 2.45) is 0 Å². The molecule has 4 rings (SSSR count). The van der Waals surface area contributed by atoms with Gasteiger partial charge in [0.2, 0.25) is 5.89 Å². The Kier molecular flexibility index (Phi) is 4.68. The fourth-order valence-electron chi connectivity index (χ4n) is 3.11. The Hall–Kier alpha value is -3.80. The summed E-state index contributed by atoms with van der Waals surface area (Å²) in [6.07, 6.45) is 0. The minimum atomic E-state index is -0.317. The molecule has 1 aromatic heterocycles. The number of aromatic hydroxyl groups is 1. The van der Waals surface area contributed by atoms with E-state index < -0.39 is 0 Å². The number of nitrogens with one attached hydrogen (secondary N) is 1. The molecule has 0 spiro atoms. The van der Waals surface area contributed by atoms with Gasteiger partial charge < -0.3 is 19.6 Å². The van der Waals surface area contributed by atoms with E-state index in [4.69, 9.17) is 9.15 Å². The van der Waals surface area contributed by atoms with Crippen LogP contribution in [0.3, 0.4) is 0 Å². The first-order chi connectivity index (χ1) is 14.0. The maximum absolute atomic E-state index is 12.6. The lowest BCUT2D eigenvalue weighted by atomic mass is 10.1. The molecule has 6 nitrogen and oxygen atoms in total. The minimum absolute atomic E-state index is 0.0142. The fraction of sp³-hybridized carbons (Fsp3) is 0.130. The van der Waals surface area contributed by atoms with Crippen LogP contribution in [-0.2, 0) is 0 Å². The number of hydrogen-bond donors (Lipinski definition) is 2. The summed E-state index contributed by atoms with van der Waals surface area (Å²) in [7, 11) is 1.52. The van der Waals surface area contributed by atoms with Crippen molar-refractivity contribution >= 4 is 22.7 Å². The summed E-state index contributed by atoms with van der Waals surface area (Å²) in [6, 6.07) is 15.6. The van der Waals surface area contributed by atoms with E-state index in [-0.39, 0.29) is 17.5 Å². The van der Waals surface area contributed by atoms with Gasteiger partial charge in [-0.05, 0) is 67.4 Å². The van der Waals surface area contributed by atoms with Gasteiger partial charge in [-0.15, -0.1) is 0 Å². The number of carbonyl (C=O) groups is 1. The molecule has 4 aromatic rings. The molecule has 0 saturated heterocycles. The highest BCUT2D eigenvalue weighted by Gasteiger charge is 2.16. The second kappa shape index (κ2) is 7.31. The van der Waals surface area contributed by atoms with Gasteiger partial charge in [0.1, 0.15) is 17.0 Å². The number of carbonyl (C=O) groups excluding carboxylic acids is 1. The van der Waals surface area contributed by atoms with Crippen molar-refractivity contribution in [3.8, 4) is 23.0 Å². The van der Waals surface area contributed by atoms with E-state index in [1.54, 1.807) is 36.4 Å². The second-order valence-electron chi connectivity index (χ2n) is 6.81. The number of ether oxygens (including phenoxy) is 1. The lowest BCUT2D eigenvalue weighted by molar-refractivity contribution is 0.102. The highest BCUT2D eigenvalue weighted by molar-refractivity contribution is 6.06. The maximum atomic E-state index is 12.6. The first-order valence-corrected chi connectivity index (χ1v) is 9.12. The summed E-state index contributed by atoms with van der Waals surface area (Å²) in [5.74, 6) is 0.466. The second-order valence-corrected chi connectivity index (χ2v) is 6.81. The molecule has 6 heteroatoms. The van der Waals surface area contributed by atoms with Crippen LogP contribution in [0.1, 0.15) is 21.5 Å². The molecule has 0 aliphatic heterocycles. The molecule has 1 amide bonds. The molecule has 0 atom stereocenters. The quantitative estimate of drug-likeness (QED) is 0.476. The lowest BCUT2D eigenvalue weighted by Crippen LogP contribution is -2.13. The van der Waals surface area contributed by atoms with E-state index in [1.165, 1.54) is 13.2 Å². The number of hydrogen-bond acceptors (Lipinski definition) is 5. The van der Waals surface area contributed by atoms with Crippen molar-refractivity contribution in [1.29, 1.82) is 0 Å². The molecule has 0 aliphatic rings. The van der Waals surface area contributed by atoms with Gasteiger partial charge in [-0.3, -0.25) is 4.79 Å². The van der Waals surface area contributed by atoms with Crippen LogP contribution in [0.2, 0.25) is 0 Å². The zero-order valence-corrected chi connectivity index (χ0v) is 16.3. The molecule has 0 aliphatic carbocycles. The Morgan fingerprint density at radius 3 is 2.62 bits per heavy atom. The summed E-state index contributed by atoms with van der Waals surface area (Å²) < 4.78 is 11.1. The van der Waals surface area contributed by atoms with Gasteiger partial charge in [-0.2, -0.15) is 0 Å². The number of benzene rings is 3. The van der Waals surface area contributed by atoms with Gasteiger partial charge in [0, 0.05) is 5.69 Å². The normalized spacial score (nSPS) is 10.9. The molecule has 0 saturated carbocycles. The van der Waals surface area contributed by atoms with E-state index in [0.29, 0.717) is 33.7 Å². The lowest BCUT2D eigenvalue weighted by Gasteiger charge is -2.10. The maximum Gasteiger partial charge on any atom is 0.259 e. The van der Waals surface area contributed by atoms with Gasteiger partial charge in [0.15, 0.2) is 5.58 Å². The third kappa shape index (κ3) is 3.52. The molecule has 2 N–H and O–H groups in total. The Bertz CT molecular complexity index is 1190. The molecule has 0 bridgehead atoms. The molecular formula is C23H20N2O4. The smallest absolute Gasteiger partial charge is 0.259 e. The number of rotatable bonds is 4. The van der Waals surface area contributed by atoms with Gasteiger partial charge in [0.05, 0.1) is 18.2 Å². The number of fused-ring (bicyclic) bond motifs is 1. The zero-order chi connectivity index (χ0) is 20.5. The number of phenols is 1. The van der Waals surface area contributed by atoms with E-state index in [0.717, 1.165) is 11.1 Å². The van der Waals surface area contributed by atoms with Crippen molar-refractivity contribution in [3.63, 3.8) is 0 Å². The summed E-state index contributed by atoms with van der Waals surface area (Å²) in [5, 5.41) is 13.1. The summed E-state index contributed by atoms with van der Waals surface area (Å²) in [4.78, 5) is 17.1. The van der Waals surface area contributed by atoms with E-state index in [1.807, 2.05) is 26.0 Å². The molecular weight excluding hydrogens is 368 g/mol. The molecule has 0 radical (unpaired) electrons. The number of anilines is 1. The average molecular weight is 388 g/mol. The van der Waals surface area contributed by atoms with Gasteiger partial charge in [0.25, 0.3) is 5.91 Å². The Morgan fingerprint density at radius 1 is 1.07 bits per heavy atom. The topological polar surface area (TPSA) is 84.6 Å². The number of methoxy groups -OCH3 is 1. The highest BCUT2D eigenvalue weighted by atomic mass is 16.5. The van der Waals surface area contributed by atoms with Crippen LogP contribution in [0.15, 0.2) is 59.0 Å². The highest BCUT2D eigenvalue weighted by Crippen LogP contribution is 2.34. The molecule has 29 heavy (non-hydrogen) atoms. The van der Waals surface area contributed by atoms with Crippen molar-refractivity contribution in [2.45, 2.75) is 13.8 Å². The van der Waals surface area contributed by atoms with Gasteiger partial charge in [-0.1, -0.05) is 12.1 Å². The molecule has 1 heterocycles. The Labute approximate surface area is 167 Å². The van der Waals surface area contributed by atoms with Crippen molar-refractivity contribution in [1.82, 2.24) is 4.98 Å². The van der Waals surface area contributed by atoms with E-state index in [9.17, 15) is 9.90 Å². The molecule has 0 fully saturated rings. The third-order valence-electron chi connectivity index (χ3n) is 4.84. The standard InChI is InChI=1S/C23H20N2O4/c1-13-10-18-21(11-14(13)2)29-23(25-18)17-12-15(8-9-19(17)26)24-22(27)16-6-4-5-7-20(16)28-3/h4-12,26H,1-3H3,(H,24,27). The third-order valence-corrected chi connectivity index (χ3v) is 4.84. The van der Waals surface area contributed by atoms with Crippen LogP contribution < -0.4 is 10.1 Å². The van der Waals surface area contributed by atoms with Crippen LogP contribution in [0.5, 0.6) is 11.5 Å². The minimum Gasteiger partial charge on any atom is -0.507 e. The first kappa shape index (κ1) is 18.6. The number of aromatic nitrogens is 1. The molecule has 0 unspecified atom stereocenters. The number of oxazole rings is 1. The van der Waals surface area contributed by atoms with Crippen molar-refractivity contribution < 1.29 is 19.1 Å².